The number of nitrogens with two attached hydrogens (primary N) is 1. The Morgan fingerprint density at radius 1 is 1.07 bits per heavy atom. The predicted molar refractivity (Wildman–Crippen MR) is 118 cm³/mol. The maximum absolute atomic E-state index is 12.7. The number of halogens is 1. The summed E-state index contributed by atoms with van der Waals surface area (Å²) >= 11 is 0. The van der Waals surface area contributed by atoms with E-state index in [-0.39, 0.29) is 36.1 Å². The number of carbonyl (C=O) groups is 3. The third-order valence-corrected chi connectivity index (χ3v) is 4.94. The number of rotatable bonds is 5. The molecule has 2 amide bonds. The predicted octanol–water partition coefficient (Wildman–Crippen LogP) is 3.36. The van der Waals surface area contributed by atoms with E-state index in [1.807, 2.05) is 0 Å². The van der Waals surface area contributed by atoms with Crippen molar-refractivity contribution in [3.63, 3.8) is 0 Å². The Balaban J connectivity index is 0.00000320. The van der Waals surface area contributed by atoms with E-state index in [9.17, 15) is 14.4 Å². The highest BCUT2D eigenvalue weighted by molar-refractivity contribution is 6.05. The Morgan fingerprint density at radius 2 is 1.73 bits per heavy atom. The highest BCUT2D eigenvalue weighted by Gasteiger charge is 2.28. The van der Waals surface area contributed by atoms with Crippen molar-refractivity contribution in [2.24, 2.45) is 5.92 Å². The van der Waals surface area contributed by atoms with Crippen LogP contribution in [0.1, 0.15) is 40.5 Å². The Bertz CT molecular complexity index is 894. The Morgan fingerprint density at radius 3 is 2.33 bits per heavy atom. The van der Waals surface area contributed by atoms with Crippen molar-refractivity contribution < 1.29 is 19.1 Å². The van der Waals surface area contributed by atoms with Crippen LogP contribution in [0.4, 0.5) is 11.4 Å². The molecule has 1 aliphatic heterocycles. The smallest absolute Gasteiger partial charge is 0.309 e. The van der Waals surface area contributed by atoms with Gasteiger partial charge in [0.25, 0.3) is 11.8 Å². The lowest BCUT2D eigenvalue weighted by Crippen LogP contribution is -2.40. The SMILES string of the molecule is CCOC(=O)C1CCN(C(=O)c2ccc(NC(=O)c3cccc(N)c3)cc2)CC1.Cl. The van der Waals surface area contributed by atoms with Crippen LogP contribution in [-0.4, -0.2) is 42.4 Å². The summed E-state index contributed by atoms with van der Waals surface area (Å²) < 4.78 is 5.06. The monoisotopic (exact) mass is 431 g/mol. The summed E-state index contributed by atoms with van der Waals surface area (Å²) in [6.07, 6.45) is 1.22. The highest BCUT2D eigenvalue weighted by atomic mass is 35.5. The molecule has 3 rings (SSSR count). The molecule has 3 N–H and O–H groups in total. The summed E-state index contributed by atoms with van der Waals surface area (Å²) in [6.45, 7) is 3.21. The molecule has 0 spiro atoms. The molecule has 1 saturated heterocycles. The lowest BCUT2D eigenvalue weighted by molar-refractivity contribution is -0.149. The molecule has 0 unspecified atom stereocenters. The van der Waals surface area contributed by atoms with Crippen molar-refractivity contribution in [1.29, 1.82) is 0 Å². The quantitative estimate of drug-likeness (QED) is 0.558. The summed E-state index contributed by atoms with van der Waals surface area (Å²) in [5.74, 6) is -0.665. The van der Waals surface area contributed by atoms with Crippen LogP contribution in [0.15, 0.2) is 48.5 Å². The lowest BCUT2D eigenvalue weighted by Gasteiger charge is -2.31. The number of esters is 1. The van der Waals surface area contributed by atoms with Crippen molar-refractivity contribution in [3.8, 4) is 0 Å². The van der Waals surface area contributed by atoms with Gasteiger partial charge in [-0.3, -0.25) is 14.4 Å². The highest BCUT2D eigenvalue weighted by Crippen LogP contribution is 2.21. The van der Waals surface area contributed by atoms with Gasteiger partial charge < -0.3 is 20.7 Å². The summed E-state index contributed by atoms with van der Waals surface area (Å²) in [6, 6.07) is 13.5. The Kier molecular flexibility index (Phi) is 8.24. The first kappa shape index (κ1) is 23.2. The van der Waals surface area contributed by atoms with E-state index in [1.54, 1.807) is 60.4 Å². The van der Waals surface area contributed by atoms with Gasteiger partial charge in [-0.05, 0) is 62.2 Å². The van der Waals surface area contributed by atoms with E-state index in [0.29, 0.717) is 55.0 Å². The molecule has 0 aliphatic carbocycles. The van der Waals surface area contributed by atoms with E-state index in [0.717, 1.165) is 0 Å². The lowest BCUT2D eigenvalue weighted by atomic mass is 9.96. The largest absolute Gasteiger partial charge is 0.466 e. The van der Waals surface area contributed by atoms with Crippen molar-refractivity contribution in [1.82, 2.24) is 4.90 Å². The summed E-state index contributed by atoms with van der Waals surface area (Å²) in [4.78, 5) is 38.6. The van der Waals surface area contributed by atoms with Gasteiger partial charge in [0.1, 0.15) is 0 Å². The second-order valence-electron chi connectivity index (χ2n) is 6.98. The zero-order valence-corrected chi connectivity index (χ0v) is 17.6. The van der Waals surface area contributed by atoms with Gasteiger partial charge in [0.05, 0.1) is 12.5 Å². The molecule has 0 atom stereocenters. The van der Waals surface area contributed by atoms with E-state index in [1.165, 1.54) is 0 Å². The van der Waals surface area contributed by atoms with Gasteiger partial charge >= 0.3 is 5.97 Å². The van der Waals surface area contributed by atoms with E-state index < -0.39 is 0 Å². The third-order valence-electron chi connectivity index (χ3n) is 4.94. The number of likely N-dealkylation sites (tertiary alicyclic amines) is 1. The molecule has 1 fully saturated rings. The standard InChI is InChI=1S/C22H25N3O4.ClH/c1-2-29-22(28)16-10-12-25(13-11-16)21(27)15-6-8-19(9-7-15)24-20(26)17-4-3-5-18(23)14-17;/h3-9,14,16H,2,10-13,23H2,1H3,(H,24,26);1H. The minimum Gasteiger partial charge on any atom is -0.466 e. The van der Waals surface area contributed by atoms with Gasteiger partial charge in [-0.2, -0.15) is 0 Å². The fourth-order valence-electron chi connectivity index (χ4n) is 3.34. The fraction of sp³-hybridized carbons (Fsp3) is 0.318. The molecule has 1 aliphatic rings. The maximum Gasteiger partial charge on any atom is 0.309 e. The zero-order valence-electron chi connectivity index (χ0n) is 16.8. The van der Waals surface area contributed by atoms with E-state index in [4.69, 9.17) is 10.5 Å². The van der Waals surface area contributed by atoms with Gasteiger partial charge in [0, 0.05) is 35.6 Å². The van der Waals surface area contributed by atoms with Crippen molar-refractivity contribution in [3.05, 3.63) is 59.7 Å². The molecule has 2 aromatic rings. The molecule has 7 nitrogen and oxygen atoms in total. The molecule has 0 bridgehead atoms. The van der Waals surface area contributed by atoms with Gasteiger partial charge in [-0.15, -0.1) is 12.4 Å². The van der Waals surface area contributed by atoms with Crippen LogP contribution in [0.5, 0.6) is 0 Å². The average molecular weight is 432 g/mol. The van der Waals surface area contributed by atoms with Gasteiger partial charge in [0.15, 0.2) is 0 Å². The first-order chi connectivity index (χ1) is 14.0. The number of amides is 2. The molecule has 8 heteroatoms. The van der Waals surface area contributed by atoms with Gasteiger partial charge in [0.2, 0.25) is 0 Å². The molecule has 0 saturated carbocycles. The number of nitrogen functional groups attached to an aromatic ring is 1. The van der Waals surface area contributed by atoms with Crippen molar-refractivity contribution in [2.75, 3.05) is 30.7 Å². The normalized spacial score (nSPS) is 13.8. The molecule has 0 radical (unpaired) electrons. The second-order valence-corrected chi connectivity index (χ2v) is 6.98. The number of nitrogens with zero attached hydrogens (tertiary/aromatic N) is 1. The summed E-state index contributed by atoms with van der Waals surface area (Å²) in [5, 5.41) is 2.79. The van der Waals surface area contributed by atoms with Crippen LogP contribution < -0.4 is 11.1 Å². The molecule has 1 heterocycles. The number of ether oxygens (including phenoxy) is 1. The average Bonchev–Trinajstić information content (AvgIpc) is 2.74. The number of anilines is 2. The second kappa shape index (κ2) is 10.6. The Hall–Kier alpha value is -3.06. The molecule has 160 valence electrons. The first-order valence-electron chi connectivity index (χ1n) is 9.70. The van der Waals surface area contributed by atoms with Crippen LogP contribution in [-0.2, 0) is 9.53 Å². The minimum absolute atomic E-state index is 0. The van der Waals surface area contributed by atoms with Crippen LogP contribution in [0.25, 0.3) is 0 Å². The number of benzene rings is 2. The number of carbonyl (C=O) groups excluding carboxylic acids is 3. The maximum atomic E-state index is 12.7. The first-order valence-corrected chi connectivity index (χ1v) is 9.70. The van der Waals surface area contributed by atoms with Crippen LogP contribution in [0.3, 0.4) is 0 Å². The van der Waals surface area contributed by atoms with Crippen LogP contribution in [0.2, 0.25) is 0 Å². The number of hydrogen-bond donors (Lipinski definition) is 2. The van der Waals surface area contributed by atoms with Gasteiger partial charge in [-0.25, -0.2) is 0 Å². The van der Waals surface area contributed by atoms with E-state index >= 15 is 0 Å². The van der Waals surface area contributed by atoms with Gasteiger partial charge in [-0.1, -0.05) is 6.07 Å². The fourth-order valence-corrected chi connectivity index (χ4v) is 3.34. The number of hydrogen-bond acceptors (Lipinski definition) is 5. The summed E-state index contributed by atoms with van der Waals surface area (Å²) in [7, 11) is 0. The number of piperidine rings is 1. The zero-order chi connectivity index (χ0) is 20.8. The number of nitrogens with one attached hydrogen (secondary N) is 1. The molecular weight excluding hydrogens is 406 g/mol. The Labute approximate surface area is 182 Å². The van der Waals surface area contributed by atoms with Crippen molar-refractivity contribution >= 4 is 41.6 Å². The molecular formula is C22H26ClN3O4. The minimum atomic E-state index is -0.266. The topological polar surface area (TPSA) is 102 Å². The molecule has 2 aromatic carbocycles. The van der Waals surface area contributed by atoms with Crippen molar-refractivity contribution in [2.45, 2.75) is 19.8 Å². The van der Waals surface area contributed by atoms with E-state index in [2.05, 4.69) is 5.32 Å². The summed E-state index contributed by atoms with van der Waals surface area (Å²) in [5.41, 5.74) is 7.83. The third kappa shape index (κ3) is 5.73. The molecule has 0 aromatic heterocycles. The van der Waals surface area contributed by atoms with Crippen LogP contribution in [0, 0.1) is 5.92 Å². The molecule has 30 heavy (non-hydrogen) atoms. The van der Waals surface area contributed by atoms with Crippen LogP contribution >= 0.6 is 12.4 Å².